The van der Waals surface area contributed by atoms with Gasteiger partial charge in [-0.25, -0.2) is 0 Å². The SMILES string of the molecule is COC[C@@H]1CN(C(=O)c2ccnc(C)c2)C[C@H]1c1ccccn1. The van der Waals surface area contributed by atoms with Gasteiger partial charge in [-0.15, -0.1) is 0 Å². The van der Waals surface area contributed by atoms with Gasteiger partial charge in [0.15, 0.2) is 0 Å². The fraction of sp³-hybridized carbons (Fsp3) is 0.389. The number of methoxy groups -OCH3 is 1. The first-order valence-corrected chi connectivity index (χ1v) is 7.81. The highest BCUT2D eigenvalue weighted by molar-refractivity contribution is 5.94. The van der Waals surface area contributed by atoms with E-state index in [0.717, 1.165) is 11.4 Å². The third-order valence-corrected chi connectivity index (χ3v) is 4.32. The number of carbonyl (C=O) groups excluding carboxylic acids is 1. The van der Waals surface area contributed by atoms with Crippen LogP contribution in [0.4, 0.5) is 0 Å². The van der Waals surface area contributed by atoms with Gasteiger partial charge in [-0.1, -0.05) is 6.07 Å². The maximum Gasteiger partial charge on any atom is 0.254 e. The van der Waals surface area contributed by atoms with Gasteiger partial charge in [-0.3, -0.25) is 14.8 Å². The lowest BCUT2D eigenvalue weighted by atomic mass is 9.93. The Morgan fingerprint density at radius 1 is 1.26 bits per heavy atom. The second-order valence-corrected chi connectivity index (χ2v) is 5.97. The fourth-order valence-electron chi connectivity index (χ4n) is 3.21. The monoisotopic (exact) mass is 311 g/mol. The Morgan fingerprint density at radius 3 is 2.83 bits per heavy atom. The van der Waals surface area contributed by atoms with Crippen LogP contribution >= 0.6 is 0 Å². The first-order valence-electron chi connectivity index (χ1n) is 7.81. The molecule has 120 valence electrons. The first-order chi connectivity index (χ1) is 11.2. The lowest BCUT2D eigenvalue weighted by Crippen LogP contribution is -2.29. The summed E-state index contributed by atoms with van der Waals surface area (Å²) in [6.07, 6.45) is 3.48. The summed E-state index contributed by atoms with van der Waals surface area (Å²) >= 11 is 0. The topological polar surface area (TPSA) is 55.3 Å². The molecule has 3 rings (SSSR count). The third kappa shape index (κ3) is 3.40. The predicted molar refractivity (Wildman–Crippen MR) is 87.2 cm³/mol. The second kappa shape index (κ2) is 6.87. The van der Waals surface area contributed by atoms with Crippen molar-refractivity contribution in [1.82, 2.24) is 14.9 Å². The molecule has 5 nitrogen and oxygen atoms in total. The van der Waals surface area contributed by atoms with E-state index in [1.807, 2.05) is 36.1 Å². The Balaban J connectivity index is 1.81. The molecule has 2 aromatic heterocycles. The van der Waals surface area contributed by atoms with Gasteiger partial charge in [0.25, 0.3) is 5.91 Å². The van der Waals surface area contributed by atoms with Crippen molar-refractivity contribution < 1.29 is 9.53 Å². The van der Waals surface area contributed by atoms with Crippen LogP contribution in [0.3, 0.4) is 0 Å². The van der Waals surface area contributed by atoms with Gasteiger partial charge < -0.3 is 9.64 Å². The summed E-state index contributed by atoms with van der Waals surface area (Å²) in [5, 5.41) is 0. The molecule has 0 radical (unpaired) electrons. The van der Waals surface area contributed by atoms with Crippen LogP contribution in [0.2, 0.25) is 0 Å². The summed E-state index contributed by atoms with van der Waals surface area (Å²) < 4.78 is 5.35. The Morgan fingerprint density at radius 2 is 2.13 bits per heavy atom. The number of rotatable bonds is 4. The number of hydrogen-bond donors (Lipinski definition) is 0. The van der Waals surface area contributed by atoms with E-state index in [9.17, 15) is 4.79 Å². The molecule has 0 unspecified atom stereocenters. The van der Waals surface area contributed by atoms with E-state index in [1.165, 1.54) is 0 Å². The second-order valence-electron chi connectivity index (χ2n) is 5.97. The van der Waals surface area contributed by atoms with Gasteiger partial charge in [0.2, 0.25) is 0 Å². The summed E-state index contributed by atoms with van der Waals surface area (Å²) in [4.78, 5) is 23.3. The third-order valence-electron chi connectivity index (χ3n) is 4.32. The molecule has 1 fully saturated rings. The van der Waals surface area contributed by atoms with Crippen LogP contribution in [0.25, 0.3) is 0 Å². The number of aromatic nitrogens is 2. The quantitative estimate of drug-likeness (QED) is 0.869. The molecule has 0 bridgehead atoms. The maximum absolute atomic E-state index is 12.8. The highest BCUT2D eigenvalue weighted by Crippen LogP contribution is 2.32. The van der Waals surface area contributed by atoms with Crippen LogP contribution < -0.4 is 0 Å². The average Bonchev–Trinajstić information content (AvgIpc) is 2.99. The van der Waals surface area contributed by atoms with Crippen LogP contribution in [0.15, 0.2) is 42.7 Å². The Bertz CT molecular complexity index is 675. The zero-order valence-electron chi connectivity index (χ0n) is 13.5. The summed E-state index contributed by atoms with van der Waals surface area (Å²) in [6, 6.07) is 9.53. The molecule has 2 atom stereocenters. The molecular weight excluding hydrogens is 290 g/mol. The molecule has 1 amide bonds. The van der Waals surface area contributed by atoms with Crippen LogP contribution in [0.1, 0.15) is 27.7 Å². The molecule has 23 heavy (non-hydrogen) atoms. The smallest absolute Gasteiger partial charge is 0.254 e. The van der Waals surface area contributed by atoms with Crippen LogP contribution in [-0.2, 0) is 4.74 Å². The van der Waals surface area contributed by atoms with E-state index >= 15 is 0 Å². The van der Waals surface area contributed by atoms with Gasteiger partial charge in [0.1, 0.15) is 0 Å². The molecular formula is C18H21N3O2. The van der Waals surface area contributed by atoms with Gasteiger partial charge in [0.05, 0.1) is 6.61 Å². The minimum absolute atomic E-state index is 0.0510. The van der Waals surface area contributed by atoms with E-state index in [4.69, 9.17) is 4.74 Å². The van der Waals surface area contributed by atoms with E-state index in [1.54, 1.807) is 25.6 Å². The van der Waals surface area contributed by atoms with Crippen molar-refractivity contribution in [3.05, 3.63) is 59.7 Å². The molecule has 0 aromatic carbocycles. The van der Waals surface area contributed by atoms with Gasteiger partial charge in [-0.05, 0) is 31.2 Å². The number of carbonyl (C=O) groups is 1. The molecule has 5 heteroatoms. The number of likely N-dealkylation sites (tertiary alicyclic amines) is 1. The Labute approximate surface area is 136 Å². The van der Waals surface area contributed by atoms with Gasteiger partial charge in [-0.2, -0.15) is 0 Å². The minimum Gasteiger partial charge on any atom is -0.384 e. The lowest BCUT2D eigenvalue weighted by Gasteiger charge is -2.16. The van der Waals surface area contributed by atoms with Crippen molar-refractivity contribution >= 4 is 5.91 Å². The normalized spacial score (nSPS) is 20.7. The van der Waals surface area contributed by atoms with E-state index in [-0.39, 0.29) is 17.7 Å². The zero-order valence-corrected chi connectivity index (χ0v) is 13.5. The number of pyridine rings is 2. The minimum atomic E-state index is 0.0510. The van der Waals surface area contributed by atoms with Crippen molar-refractivity contribution in [2.24, 2.45) is 5.92 Å². The largest absolute Gasteiger partial charge is 0.384 e. The molecule has 0 aliphatic carbocycles. The molecule has 1 saturated heterocycles. The highest BCUT2D eigenvalue weighted by atomic mass is 16.5. The summed E-state index contributed by atoms with van der Waals surface area (Å²) in [7, 11) is 1.70. The lowest BCUT2D eigenvalue weighted by molar-refractivity contribution is 0.0775. The molecule has 3 heterocycles. The first kappa shape index (κ1) is 15.6. The highest BCUT2D eigenvalue weighted by Gasteiger charge is 2.37. The van der Waals surface area contributed by atoms with Crippen molar-refractivity contribution in [1.29, 1.82) is 0 Å². The molecule has 1 aliphatic rings. The number of ether oxygens (including phenoxy) is 1. The van der Waals surface area contributed by atoms with Crippen LogP contribution in [0, 0.1) is 12.8 Å². The van der Waals surface area contributed by atoms with Crippen molar-refractivity contribution in [3.63, 3.8) is 0 Å². The summed E-state index contributed by atoms with van der Waals surface area (Å²) in [5.41, 5.74) is 2.57. The van der Waals surface area contributed by atoms with Crippen molar-refractivity contribution in [2.75, 3.05) is 26.8 Å². The Hall–Kier alpha value is -2.27. The summed E-state index contributed by atoms with van der Waals surface area (Å²) in [5.74, 6) is 0.528. The molecule has 2 aromatic rings. The van der Waals surface area contributed by atoms with E-state index in [0.29, 0.717) is 25.3 Å². The number of hydrogen-bond acceptors (Lipinski definition) is 4. The molecule has 0 spiro atoms. The standard InChI is InChI=1S/C18H21N3O2/c1-13-9-14(6-8-19-13)18(22)21-10-15(12-23-2)16(11-21)17-5-3-4-7-20-17/h3-9,15-16H,10-12H2,1-2H3/t15-,16+/m0/s1. The number of aryl methyl sites for hydroxylation is 1. The number of amides is 1. The van der Waals surface area contributed by atoms with Crippen molar-refractivity contribution in [3.8, 4) is 0 Å². The number of nitrogens with zero attached hydrogens (tertiary/aromatic N) is 3. The maximum atomic E-state index is 12.8. The van der Waals surface area contributed by atoms with Gasteiger partial charge >= 0.3 is 0 Å². The molecule has 0 saturated carbocycles. The fourth-order valence-corrected chi connectivity index (χ4v) is 3.21. The Kier molecular flexibility index (Phi) is 4.67. The van der Waals surface area contributed by atoms with Gasteiger partial charge in [0, 0.05) is 61.4 Å². The van der Waals surface area contributed by atoms with Crippen LogP contribution in [0.5, 0.6) is 0 Å². The molecule has 0 N–H and O–H groups in total. The summed E-state index contributed by atoms with van der Waals surface area (Å²) in [6.45, 7) is 3.88. The molecule has 1 aliphatic heterocycles. The predicted octanol–water partition coefficient (Wildman–Crippen LogP) is 2.29. The van der Waals surface area contributed by atoms with Crippen LogP contribution in [-0.4, -0.2) is 47.6 Å². The van der Waals surface area contributed by atoms with E-state index < -0.39 is 0 Å². The van der Waals surface area contributed by atoms with Crippen molar-refractivity contribution in [2.45, 2.75) is 12.8 Å². The zero-order chi connectivity index (χ0) is 16.2. The average molecular weight is 311 g/mol. The van der Waals surface area contributed by atoms with E-state index in [2.05, 4.69) is 9.97 Å².